The number of ketones is 1. The predicted molar refractivity (Wildman–Crippen MR) is 82.1 cm³/mol. The third-order valence-electron chi connectivity index (χ3n) is 4.00. The largest absolute Gasteiger partial charge is 0.333 e. The van der Waals surface area contributed by atoms with Crippen LogP contribution in [-0.4, -0.2) is 24.5 Å². The molecular weight excluding hydrogens is 284 g/mol. The topological polar surface area (TPSA) is 78.9 Å². The maximum atomic E-state index is 12.7. The van der Waals surface area contributed by atoms with Gasteiger partial charge in [-0.3, -0.25) is 18.7 Å². The number of imidazole rings is 1. The van der Waals surface area contributed by atoms with Gasteiger partial charge >= 0.3 is 5.69 Å². The van der Waals surface area contributed by atoms with Crippen LogP contribution in [0.4, 0.5) is 0 Å². The predicted octanol–water partition coefficient (Wildman–Crippen LogP) is 1.08. The van der Waals surface area contributed by atoms with Crippen molar-refractivity contribution in [3.8, 4) is 0 Å². The van der Waals surface area contributed by atoms with Gasteiger partial charge in [0.2, 0.25) is 0 Å². The van der Waals surface area contributed by atoms with Gasteiger partial charge in [-0.25, -0.2) is 9.78 Å². The minimum absolute atomic E-state index is 0.0357. The Kier molecular flexibility index (Phi) is 3.72. The average molecular weight is 304 g/mol. The highest BCUT2D eigenvalue weighted by molar-refractivity contribution is 5.75. The first-order valence-corrected chi connectivity index (χ1v) is 7.74. The number of carbonyl (C=O) groups is 1. The van der Waals surface area contributed by atoms with Crippen molar-refractivity contribution in [2.24, 2.45) is 0 Å². The van der Waals surface area contributed by atoms with E-state index >= 15 is 0 Å². The molecule has 0 radical (unpaired) electrons. The van der Waals surface area contributed by atoms with E-state index in [9.17, 15) is 14.4 Å². The van der Waals surface area contributed by atoms with Crippen LogP contribution in [0, 0.1) is 0 Å². The summed E-state index contributed by atoms with van der Waals surface area (Å²) < 4.78 is 4.62. The molecule has 1 aliphatic carbocycles. The van der Waals surface area contributed by atoms with Gasteiger partial charge < -0.3 is 4.57 Å². The Morgan fingerprint density at radius 1 is 1.32 bits per heavy atom. The first-order chi connectivity index (χ1) is 10.5. The number of Topliss-reactive ketones (excluding diaryl/α,β-unsaturated/α-hetero) is 1. The van der Waals surface area contributed by atoms with Crippen LogP contribution in [0.1, 0.15) is 45.6 Å². The van der Waals surface area contributed by atoms with Crippen molar-refractivity contribution in [2.75, 3.05) is 0 Å². The second kappa shape index (κ2) is 5.55. The molecule has 7 nitrogen and oxygen atoms in total. The zero-order valence-corrected chi connectivity index (χ0v) is 12.9. The van der Waals surface area contributed by atoms with Crippen LogP contribution < -0.4 is 11.2 Å². The summed E-state index contributed by atoms with van der Waals surface area (Å²) in [5, 5.41) is 0. The van der Waals surface area contributed by atoms with Crippen molar-refractivity contribution in [3.63, 3.8) is 0 Å². The van der Waals surface area contributed by atoms with Gasteiger partial charge in [0.15, 0.2) is 11.2 Å². The zero-order valence-electron chi connectivity index (χ0n) is 12.9. The summed E-state index contributed by atoms with van der Waals surface area (Å²) in [6, 6.07) is 0.129. The molecule has 0 aromatic carbocycles. The number of rotatable bonds is 6. The van der Waals surface area contributed by atoms with E-state index in [2.05, 4.69) is 4.98 Å². The lowest BCUT2D eigenvalue weighted by Crippen LogP contribution is -2.40. The fourth-order valence-electron chi connectivity index (χ4n) is 2.74. The Balaban J connectivity index is 2.25. The lowest BCUT2D eigenvalue weighted by atomic mass is 10.3. The molecular formula is C15H20N4O3. The summed E-state index contributed by atoms with van der Waals surface area (Å²) >= 11 is 0. The Bertz CT molecular complexity index is 839. The number of aryl methyl sites for hydroxylation is 1. The van der Waals surface area contributed by atoms with Crippen LogP contribution in [-0.2, 0) is 17.9 Å². The van der Waals surface area contributed by atoms with Gasteiger partial charge in [0, 0.05) is 25.6 Å². The highest BCUT2D eigenvalue weighted by Crippen LogP contribution is 2.34. The second-order valence-corrected chi connectivity index (χ2v) is 5.90. The molecule has 3 rings (SSSR count). The zero-order chi connectivity index (χ0) is 15.9. The van der Waals surface area contributed by atoms with Crippen LogP contribution in [0.15, 0.2) is 15.9 Å². The Morgan fingerprint density at radius 3 is 2.64 bits per heavy atom. The van der Waals surface area contributed by atoms with Crippen LogP contribution >= 0.6 is 0 Å². The molecule has 0 amide bonds. The van der Waals surface area contributed by atoms with Gasteiger partial charge in [-0.15, -0.1) is 0 Å². The summed E-state index contributed by atoms with van der Waals surface area (Å²) in [7, 11) is 0. The molecule has 2 aromatic heterocycles. The van der Waals surface area contributed by atoms with Crippen molar-refractivity contribution in [2.45, 2.75) is 58.7 Å². The Morgan fingerprint density at radius 2 is 2.05 bits per heavy atom. The van der Waals surface area contributed by atoms with E-state index in [1.807, 2.05) is 6.92 Å². The number of fused-ring (bicyclic) bond motifs is 1. The quantitative estimate of drug-likeness (QED) is 0.800. The summed E-state index contributed by atoms with van der Waals surface area (Å²) in [5.41, 5.74) is 0.258. The smallest absolute Gasteiger partial charge is 0.325 e. The van der Waals surface area contributed by atoms with E-state index in [0.29, 0.717) is 17.7 Å². The highest BCUT2D eigenvalue weighted by Gasteiger charge is 2.30. The third-order valence-corrected chi connectivity index (χ3v) is 4.00. The molecule has 7 heteroatoms. The summed E-state index contributed by atoms with van der Waals surface area (Å²) in [6.07, 6.45) is 4.55. The minimum Gasteiger partial charge on any atom is -0.325 e. The van der Waals surface area contributed by atoms with Gasteiger partial charge in [0.1, 0.15) is 5.78 Å². The van der Waals surface area contributed by atoms with Gasteiger partial charge in [-0.05, 0) is 26.2 Å². The van der Waals surface area contributed by atoms with Crippen molar-refractivity contribution >= 4 is 16.9 Å². The van der Waals surface area contributed by atoms with Crippen LogP contribution in [0.2, 0.25) is 0 Å². The van der Waals surface area contributed by atoms with E-state index in [1.54, 1.807) is 15.5 Å². The molecule has 0 aliphatic heterocycles. The normalized spacial score (nSPS) is 14.6. The third kappa shape index (κ3) is 2.40. The molecule has 1 fully saturated rings. The monoisotopic (exact) mass is 304 g/mol. The van der Waals surface area contributed by atoms with Crippen molar-refractivity contribution in [1.29, 1.82) is 0 Å². The molecule has 1 saturated carbocycles. The van der Waals surface area contributed by atoms with Gasteiger partial charge in [-0.2, -0.15) is 0 Å². The first-order valence-electron chi connectivity index (χ1n) is 7.74. The molecule has 2 aromatic rings. The van der Waals surface area contributed by atoms with Gasteiger partial charge in [-0.1, -0.05) is 6.92 Å². The van der Waals surface area contributed by atoms with E-state index in [4.69, 9.17) is 0 Å². The number of carbonyl (C=O) groups excluding carboxylic acids is 1. The lowest BCUT2D eigenvalue weighted by molar-refractivity contribution is -0.117. The molecule has 0 atom stereocenters. The van der Waals surface area contributed by atoms with Crippen molar-refractivity contribution in [3.05, 3.63) is 27.2 Å². The van der Waals surface area contributed by atoms with Gasteiger partial charge in [0.05, 0.1) is 6.33 Å². The fraction of sp³-hybridized carbons (Fsp3) is 0.600. The molecule has 0 N–H and O–H groups in total. The van der Waals surface area contributed by atoms with Crippen molar-refractivity contribution < 1.29 is 4.79 Å². The van der Waals surface area contributed by atoms with Crippen LogP contribution in [0.25, 0.3) is 11.2 Å². The second-order valence-electron chi connectivity index (χ2n) is 5.90. The van der Waals surface area contributed by atoms with Gasteiger partial charge in [0.25, 0.3) is 5.56 Å². The van der Waals surface area contributed by atoms with Crippen LogP contribution in [0.3, 0.4) is 0 Å². The molecule has 0 saturated heterocycles. The number of hydrogen-bond donors (Lipinski definition) is 0. The molecule has 22 heavy (non-hydrogen) atoms. The maximum Gasteiger partial charge on any atom is 0.333 e. The molecule has 1 aliphatic rings. The Labute approximate surface area is 127 Å². The number of nitrogens with zero attached hydrogens (tertiary/aromatic N) is 4. The Hall–Kier alpha value is -2.18. The highest BCUT2D eigenvalue weighted by atomic mass is 16.2. The first kappa shape index (κ1) is 14.7. The van der Waals surface area contributed by atoms with E-state index in [0.717, 1.165) is 19.3 Å². The van der Waals surface area contributed by atoms with E-state index in [-0.39, 0.29) is 36.0 Å². The minimum atomic E-state index is -0.344. The number of aromatic nitrogens is 4. The fourth-order valence-corrected chi connectivity index (χ4v) is 2.74. The molecule has 0 unspecified atom stereocenters. The lowest BCUT2D eigenvalue weighted by Gasteiger charge is -2.11. The molecule has 0 spiro atoms. The molecule has 118 valence electrons. The van der Waals surface area contributed by atoms with Crippen LogP contribution in [0.5, 0.6) is 0 Å². The summed E-state index contributed by atoms with van der Waals surface area (Å²) in [5.74, 6) is -0.0357. The van der Waals surface area contributed by atoms with Crippen molar-refractivity contribution in [1.82, 2.24) is 18.7 Å². The number of hydrogen-bond acceptors (Lipinski definition) is 4. The standard InChI is InChI=1S/C15H20N4O3/c1-3-7-17-9-16-13-12(17)14(21)18(8-6-10(2)20)15(22)19(13)11-4-5-11/h9,11H,3-8H2,1-2H3. The van der Waals surface area contributed by atoms with E-state index < -0.39 is 0 Å². The summed E-state index contributed by atoms with van der Waals surface area (Å²) in [6.45, 7) is 4.30. The maximum absolute atomic E-state index is 12.7. The van der Waals surface area contributed by atoms with E-state index in [1.165, 1.54) is 11.5 Å². The SMILES string of the molecule is CCCn1cnc2c1c(=O)n(CCC(C)=O)c(=O)n2C1CC1. The molecule has 0 bridgehead atoms. The average Bonchev–Trinajstić information content (AvgIpc) is 3.20. The summed E-state index contributed by atoms with van der Waals surface area (Å²) in [4.78, 5) is 40.8. The molecule has 2 heterocycles.